The number of benzene rings is 1. The lowest BCUT2D eigenvalue weighted by atomic mass is 10.2. The van der Waals surface area contributed by atoms with E-state index in [4.69, 9.17) is 16.6 Å². The molecule has 0 atom stereocenters. The first-order valence-electron chi connectivity index (χ1n) is 5.23. The summed E-state index contributed by atoms with van der Waals surface area (Å²) in [5.74, 6) is 0. The number of nitrogens with one attached hydrogen (secondary N) is 2. The molecule has 18 heavy (non-hydrogen) atoms. The number of hydrazone groups is 1. The van der Waals surface area contributed by atoms with Crippen LogP contribution in [0.2, 0.25) is 0 Å². The van der Waals surface area contributed by atoms with Gasteiger partial charge >= 0.3 is 0 Å². The third-order valence-electron chi connectivity index (χ3n) is 2.30. The summed E-state index contributed by atoms with van der Waals surface area (Å²) in [7, 11) is 1.68. The number of fused-ring (bicyclic) bond motifs is 1. The van der Waals surface area contributed by atoms with Crippen molar-refractivity contribution in [2.75, 3.05) is 7.05 Å². The summed E-state index contributed by atoms with van der Waals surface area (Å²) in [6.07, 6.45) is 2.75. The van der Waals surface area contributed by atoms with Gasteiger partial charge in [-0.2, -0.15) is 5.10 Å². The second-order valence-electron chi connectivity index (χ2n) is 3.47. The zero-order valence-corrected chi connectivity index (χ0v) is 10.5. The number of hydrogen-bond donors (Lipinski definition) is 2. The molecule has 0 radical (unpaired) electrons. The molecule has 6 heteroatoms. The van der Waals surface area contributed by atoms with Crippen LogP contribution in [0.4, 0.5) is 0 Å². The van der Waals surface area contributed by atoms with E-state index >= 15 is 0 Å². The third-order valence-corrected chi connectivity index (χ3v) is 2.60. The second-order valence-corrected chi connectivity index (χ2v) is 3.87. The molecule has 92 valence electrons. The molecule has 0 saturated heterocycles. The molecule has 1 aromatic carbocycles. The Hall–Kier alpha value is -2.21. The molecule has 1 heterocycles. The molecule has 0 aliphatic rings. The van der Waals surface area contributed by atoms with Crippen LogP contribution in [-0.4, -0.2) is 18.4 Å². The quantitative estimate of drug-likeness (QED) is 0.483. The minimum atomic E-state index is -0.127. The van der Waals surface area contributed by atoms with E-state index in [9.17, 15) is 4.79 Å². The number of rotatable bonds is 2. The van der Waals surface area contributed by atoms with E-state index in [-0.39, 0.29) is 5.43 Å². The Balaban J connectivity index is 2.32. The SMILES string of the molecule is CNC(=S)NN=Cc1coc2ccccc2c1=O. The van der Waals surface area contributed by atoms with Crippen LogP contribution >= 0.6 is 12.2 Å². The molecule has 2 aromatic rings. The van der Waals surface area contributed by atoms with Gasteiger partial charge in [-0.1, -0.05) is 12.1 Å². The average Bonchev–Trinajstić information content (AvgIpc) is 2.41. The van der Waals surface area contributed by atoms with Gasteiger partial charge in [0.25, 0.3) is 0 Å². The lowest BCUT2D eigenvalue weighted by Gasteiger charge is -2.00. The highest BCUT2D eigenvalue weighted by atomic mass is 32.1. The lowest BCUT2D eigenvalue weighted by Crippen LogP contribution is -2.28. The van der Waals surface area contributed by atoms with Crippen LogP contribution in [0.3, 0.4) is 0 Å². The molecular formula is C12H11N3O2S. The van der Waals surface area contributed by atoms with Crippen LogP contribution in [0.25, 0.3) is 11.0 Å². The van der Waals surface area contributed by atoms with Crippen LogP contribution in [0.15, 0.2) is 44.8 Å². The predicted octanol–water partition coefficient (Wildman–Crippen LogP) is 1.22. The molecule has 0 aliphatic carbocycles. The van der Waals surface area contributed by atoms with Gasteiger partial charge in [0.1, 0.15) is 11.8 Å². The minimum absolute atomic E-state index is 0.127. The number of para-hydroxylation sites is 1. The van der Waals surface area contributed by atoms with Crippen LogP contribution in [0, 0.1) is 0 Å². The highest BCUT2D eigenvalue weighted by Gasteiger charge is 2.03. The fourth-order valence-electron chi connectivity index (χ4n) is 1.40. The zero-order valence-electron chi connectivity index (χ0n) is 9.64. The highest BCUT2D eigenvalue weighted by molar-refractivity contribution is 7.80. The molecule has 0 bridgehead atoms. The molecule has 0 spiro atoms. The maximum Gasteiger partial charge on any atom is 0.201 e. The molecule has 2 N–H and O–H groups in total. The number of thiocarbonyl (C=S) groups is 1. The smallest absolute Gasteiger partial charge is 0.201 e. The van der Waals surface area contributed by atoms with Crippen molar-refractivity contribution in [2.45, 2.75) is 0 Å². The molecule has 5 nitrogen and oxygen atoms in total. The van der Waals surface area contributed by atoms with Crippen molar-refractivity contribution in [1.82, 2.24) is 10.7 Å². The number of hydrogen-bond acceptors (Lipinski definition) is 4. The van der Waals surface area contributed by atoms with Crippen LogP contribution in [0.5, 0.6) is 0 Å². The van der Waals surface area contributed by atoms with Crippen molar-refractivity contribution in [1.29, 1.82) is 0 Å². The zero-order chi connectivity index (χ0) is 13.0. The Labute approximate surface area is 108 Å². The van der Waals surface area contributed by atoms with E-state index in [0.717, 1.165) is 0 Å². The van der Waals surface area contributed by atoms with Gasteiger partial charge in [0.15, 0.2) is 5.11 Å². The Morgan fingerprint density at radius 3 is 3.00 bits per heavy atom. The van der Waals surface area contributed by atoms with Crippen LogP contribution in [0.1, 0.15) is 5.56 Å². The van der Waals surface area contributed by atoms with Gasteiger partial charge in [-0.3, -0.25) is 10.2 Å². The molecule has 1 aromatic heterocycles. The van der Waals surface area contributed by atoms with Gasteiger partial charge in [-0.05, 0) is 24.4 Å². The largest absolute Gasteiger partial charge is 0.463 e. The normalized spacial score (nSPS) is 10.7. The first-order valence-corrected chi connectivity index (χ1v) is 5.64. The topological polar surface area (TPSA) is 66.6 Å². The van der Waals surface area contributed by atoms with Crippen molar-refractivity contribution in [2.24, 2.45) is 5.10 Å². The molecule has 0 saturated carbocycles. The highest BCUT2D eigenvalue weighted by Crippen LogP contribution is 2.09. The standard InChI is InChI=1S/C12H11N3O2S/c1-13-12(18)15-14-6-8-7-17-10-5-3-2-4-9(10)11(8)16/h2-7H,1H3,(H2,13,15,18). The minimum Gasteiger partial charge on any atom is -0.463 e. The molecule has 0 aliphatic heterocycles. The Morgan fingerprint density at radius 1 is 1.44 bits per heavy atom. The Bertz CT molecular complexity index is 664. The van der Waals surface area contributed by atoms with E-state index < -0.39 is 0 Å². The van der Waals surface area contributed by atoms with Crippen molar-refractivity contribution in [3.8, 4) is 0 Å². The predicted molar refractivity (Wildman–Crippen MR) is 74.9 cm³/mol. The molecule has 0 unspecified atom stereocenters. The second kappa shape index (κ2) is 5.42. The van der Waals surface area contributed by atoms with Gasteiger partial charge in [0.05, 0.1) is 17.2 Å². The fraction of sp³-hybridized carbons (Fsp3) is 0.0833. The van der Waals surface area contributed by atoms with Crippen LogP contribution < -0.4 is 16.2 Å². The van der Waals surface area contributed by atoms with Crippen LogP contribution in [-0.2, 0) is 0 Å². The van der Waals surface area contributed by atoms with Gasteiger partial charge in [0.2, 0.25) is 5.43 Å². The van der Waals surface area contributed by atoms with E-state index in [1.807, 2.05) is 6.07 Å². The molecule has 2 rings (SSSR count). The van der Waals surface area contributed by atoms with Crippen molar-refractivity contribution in [3.05, 3.63) is 46.3 Å². The first kappa shape index (κ1) is 12.3. The van der Waals surface area contributed by atoms with E-state index in [1.165, 1.54) is 12.5 Å². The van der Waals surface area contributed by atoms with Gasteiger partial charge in [-0.15, -0.1) is 0 Å². The van der Waals surface area contributed by atoms with E-state index in [2.05, 4.69) is 15.8 Å². The monoisotopic (exact) mass is 261 g/mol. The summed E-state index contributed by atoms with van der Waals surface area (Å²) < 4.78 is 5.34. The summed E-state index contributed by atoms with van der Waals surface area (Å²) in [6.45, 7) is 0. The lowest BCUT2D eigenvalue weighted by molar-refractivity contribution is 0.601. The van der Waals surface area contributed by atoms with E-state index in [0.29, 0.717) is 21.6 Å². The third kappa shape index (κ3) is 2.54. The maximum absolute atomic E-state index is 12.0. The van der Waals surface area contributed by atoms with Gasteiger partial charge in [-0.25, -0.2) is 0 Å². The summed E-state index contributed by atoms with van der Waals surface area (Å²) in [4.78, 5) is 12.0. The molecule has 0 fully saturated rings. The van der Waals surface area contributed by atoms with Gasteiger partial charge < -0.3 is 9.73 Å². The molecular weight excluding hydrogens is 250 g/mol. The van der Waals surface area contributed by atoms with Gasteiger partial charge in [0, 0.05) is 7.05 Å². The number of nitrogens with zero attached hydrogens (tertiary/aromatic N) is 1. The maximum atomic E-state index is 12.0. The summed E-state index contributed by atoms with van der Waals surface area (Å²) in [6, 6.07) is 7.05. The first-order chi connectivity index (χ1) is 8.72. The molecule has 0 amide bonds. The summed E-state index contributed by atoms with van der Waals surface area (Å²) in [5, 5.41) is 7.44. The Morgan fingerprint density at radius 2 is 2.22 bits per heavy atom. The average molecular weight is 261 g/mol. The summed E-state index contributed by atoms with van der Waals surface area (Å²) in [5.41, 5.74) is 3.35. The van der Waals surface area contributed by atoms with Crippen molar-refractivity contribution < 1.29 is 4.42 Å². The van der Waals surface area contributed by atoms with Crippen molar-refractivity contribution >= 4 is 34.5 Å². The Kier molecular flexibility index (Phi) is 3.69. The fourth-order valence-corrected chi connectivity index (χ4v) is 1.45. The summed E-state index contributed by atoms with van der Waals surface area (Å²) >= 11 is 4.84. The van der Waals surface area contributed by atoms with E-state index in [1.54, 1.807) is 25.2 Å². The van der Waals surface area contributed by atoms with Crippen molar-refractivity contribution in [3.63, 3.8) is 0 Å².